The number of nitrogens with zero attached hydrogens (tertiary/aromatic N) is 1. The Morgan fingerprint density at radius 2 is 1.62 bits per heavy atom. The van der Waals surface area contributed by atoms with Crippen LogP contribution in [-0.4, -0.2) is 56.1 Å². The van der Waals surface area contributed by atoms with Gasteiger partial charge in [-0.15, -0.1) is 0 Å². The number of rotatable bonds is 11. The summed E-state index contributed by atoms with van der Waals surface area (Å²) in [6.45, 7) is 3.89. The second kappa shape index (κ2) is 12.3. The van der Waals surface area contributed by atoms with Crippen molar-refractivity contribution in [1.82, 2.24) is 10.2 Å². The molecule has 0 aliphatic heterocycles. The van der Waals surface area contributed by atoms with Crippen LogP contribution in [0, 0.1) is 5.82 Å². The standard InChI is InChI=1S/C23H27FN2O6/c1-4-30-19-11-8-17(12-20(19)31-5-2)23(29)25-13-22(28)32-15-21(27)26(3)14-16-6-9-18(24)10-7-16/h6-12H,4-5,13-15H2,1-3H3,(H,25,29). The third kappa shape index (κ3) is 7.57. The highest BCUT2D eigenvalue weighted by molar-refractivity contribution is 5.96. The molecule has 0 spiro atoms. The van der Waals surface area contributed by atoms with Gasteiger partial charge in [0.1, 0.15) is 12.4 Å². The molecule has 0 aromatic heterocycles. The predicted molar refractivity (Wildman–Crippen MR) is 115 cm³/mol. The third-order valence-corrected chi connectivity index (χ3v) is 4.31. The lowest BCUT2D eigenvalue weighted by atomic mass is 10.2. The van der Waals surface area contributed by atoms with E-state index in [0.717, 1.165) is 5.56 Å². The first-order valence-corrected chi connectivity index (χ1v) is 10.2. The zero-order chi connectivity index (χ0) is 23.5. The van der Waals surface area contributed by atoms with E-state index < -0.39 is 30.9 Å². The number of likely N-dealkylation sites (N-methyl/N-ethyl adjacent to an activating group) is 1. The number of amides is 2. The van der Waals surface area contributed by atoms with Crippen molar-refractivity contribution in [2.45, 2.75) is 20.4 Å². The van der Waals surface area contributed by atoms with Gasteiger partial charge in [0.05, 0.1) is 13.2 Å². The smallest absolute Gasteiger partial charge is 0.325 e. The molecule has 1 N–H and O–H groups in total. The van der Waals surface area contributed by atoms with Crippen molar-refractivity contribution in [1.29, 1.82) is 0 Å². The van der Waals surface area contributed by atoms with E-state index in [4.69, 9.17) is 14.2 Å². The van der Waals surface area contributed by atoms with Gasteiger partial charge in [-0.05, 0) is 49.7 Å². The minimum absolute atomic E-state index is 0.243. The quantitative estimate of drug-likeness (QED) is 0.533. The lowest BCUT2D eigenvalue weighted by Gasteiger charge is -2.17. The van der Waals surface area contributed by atoms with E-state index in [1.807, 2.05) is 13.8 Å². The molecular formula is C23H27FN2O6. The van der Waals surface area contributed by atoms with Crippen LogP contribution in [0.25, 0.3) is 0 Å². The highest BCUT2D eigenvalue weighted by Crippen LogP contribution is 2.28. The van der Waals surface area contributed by atoms with Crippen LogP contribution < -0.4 is 14.8 Å². The van der Waals surface area contributed by atoms with Gasteiger partial charge in [0, 0.05) is 19.2 Å². The van der Waals surface area contributed by atoms with Crippen molar-refractivity contribution >= 4 is 17.8 Å². The number of esters is 1. The monoisotopic (exact) mass is 446 g/mol. The van der Waals surface area contributed by atoms with Gasteiger partial charge in [0.15, 0.2) is 18.1 Å². The first kappa shape index (κ1) is 24.6. The zero-order valence-corrected chi connectivity index (χ0v) is 18.4. The maximum absolute atomic E-state index is 13.0. The fourth-order valence-electron chi connectivity index (χ4n) is 2.70. The molecule has 2 aromatic carbocycles. The molecule has 0 saturated heterocycles. The number of hydrogen-bond donors (Lipinski definition) is 1. The zero-order valence-electron chi connectivity index (χ0n) is 18.4. The average Bonchev–Trinajstić information content (AvgIpc) is 2.78. The Balaban J connectivity index is 1.80. The number of ether oxygens (including phenoxy) is 3. The van der Waals surface area contributed by atoms with Gasteiger partial charge in [-0.3, -0.25) is 14.4 Å². The first-order chi connectivity index (χ1) is 15.3. The lowest BCUT2D eigenvalue weighted by Crippen LogP contribution is -2.34. The van der Waals surface area contributed by atoms with E-state index in [1.54, 1.807) is 31.3 Å². The number of nitrogens with one attached hydrogen (secondary N) is 1. The topological polar surface area (TPSA) is 94.2 Å². The minimum Gasteiger partial charge on any atom is -0.490 e. The number of halogens is 1. The highest BCUT2D eigenvalue weighted by Gasteiger charge is 2.15. The summed E-state index contributed by atoms with van der Waals surface area (Å²) in [6.07, 6.45) is 0. The SMILES string of the molecule is CCOc1ccc(C(=O)NCC(=O)OCC(=O)N(C)Cc2ccc(F)cc2)cc1OCC. The number of carbonyl (C=O) groups excluding carboxylic acids is 3. The van der Waals surface area contributed by atoms with E-state index in [2.05, 4.69) is 5.32 Å². The summed E-state index contributed by atoms with van der Waals surface area (Å²) < 4.78 is 28.8. The molecular weight excluding hydrogens is 419 g/mol. The largest absolute Gasteiger partial charge is 0.490 e. The molecule has 32 heavy (non-hydrogen) atoms. The summed E-state index contributed by atoms with van der Waals surface area (Å²) in [6, 6.07) is 10.5. The molecule has 2 amide bonds. The van der Waals surface area contributed by atoms with Crippen molar-refractivity contribution in [3.8, 4) is 11.5 Å². The number of hydrogen-bond acceptors (Lipinski definition) is 6. The molecule has 0 bridgehead atoms. The summed E-state index contributed by atoms with van der Waals surface area (Å²) in [5, 5.41) is 2.45. The van der Waals surface area contributed by atoms with Crippen LogP contribution in [0.3, 0.4) is 0 Å². The van der Waals surface area contributed by atoms with Crippen LogP contribution in [0.2, 0.25) is 0 Å². The Hall–Kier alpha value is -3.62. The Morgan fingerprint density at radius 3 is 2.28 bits per heavy atom. The van der Waals surface area contributed by atoms with Gasteiger partial charge in [-0.25, -0.2) is 4.39 Å². The van der Waals surface area contributed by atoms with Gasteiger partial charge in [0.25, 0.3) is 11.8 Å². The fraction of sp³-hybridized carbons (Fsp3) is 0.348. The van der Waals surface area contributed by atoms with E-state index in [9.17, 15) is 18.8 Å². The van der Waals surface area contributed by atoms with Crippen LogP contribution in [0.15, 0.2) is 42.5 Å². The molecule has 9 heteroatoms. The van der Waals surface area contributed by atoms with Crippen molar-refractivity contribution in [2.75, 3.05) is 33.4 Å². The highest BCUT2D eigenvalue weighted by atomic mass is 19.1. The maximum Gasteiger partial charge on any atom is 0.325 e. The molecule has 172 valence electrons. The van der Waals surface area contributed by atoms with Gasteiger partial charge < -0.3 is 24.4 Å². The Kier molecular flexibility index (Phi) is 9.46. The third-order valence-electron chi connectivity index (χ3n) is 4.31. The Labute approximate surface area is 186 Å². The Morgan fingerprint density at radius 1 is 0.969 bits per heavy atom. The van der Waals surface area contributed by atoms with Crippen LogP contribution in [-0.2, 0) is 20.9 Å². The van der Waals surface area contributed by atoms with Crippen molar-refractivity contribution in [3.63, 3.8) is 0 Å². The molecule has 0 aliphatic rings. The molecule has 0 aliphatic carbocycles. The second-order valence-electron chi connectivity index (χ2n) is 6.75. The molecule has 0 unspecified atom stereocenters. The van der Waals surface area contributed by atoms with Crippen molar-refractivity contribution in [2.24, 2.45) is 0 Å². The minimum atomic E-state index is -0.752. The van der Waals surface area contributed by atoms with Crippen LogP contribution >= 0.6 is 0 Å². The van der Waals surface area contributed by atoms with Crippen molar-refractivity contribution < 1.29 is 33.0 Å². The molecule has 0 heterocycles. The van der Waals surface area contributed by atoms with E-state index in [-0.39, 0.29) is 12.4 Å². The van der Waals surface area contributed by atoms with Crippen molar-refractivity contribution in [3.05, 3.63) is 59.4 Å². The second-order valence-corrected chi connectivity index (χ2v) is 6.75. The van der Waals surface area contributed by atoms with Gasteiger partial charge >= 0.3 is 5.97 Å². The number of carbonyl (C=O) groups is 3. The summed E-state index contributed by atoms with van der Waals surface area (Å²) in [5.41, 5.74) is 1.03. The summed E-state index contributed by atoms with van der Waals surface area (Å²) in [5.74, 6) is -1.09. The molecule has 0 fully saturated rings. The van der Waals surface area contributed by atoms with E-state index in [1.165, 1.54) is 23.1 Å². The molecule has 0 radical (unpaired) electrons. The summed E-state index contributed by atoms with van der Waals surface area (Å²) in [4.78, 5) is 37.7. The average molecular weight is 446 g/mol. The molecule has 2 aromatic rings. The van der Waals surface area contributed by atoms with E-state index in [0.29, 0.717) is 30.3 Å². The van der Waals surface area contributed by atoms with Crippen LogP contribution in [0.5, 0.6) is 11.5 Å². The van der Waals surface area contributed by atoms with Gasteiger partial charge in [-0.2, -0.15) is 0 Å². The molecule has 8 nitrogen and oxygen atoms in total. The van der Waals surface area contributed by atoms with Gasteiger partial charge in [-0.1, -0.05) is 12.1 Å². The molecule has 0 saturated carbocycles. The summed E-state index contributed by atoms with van der Waals surface area (Å²) in [7, 11) is 1.54. The molecule has 2 rings (SSSR count). The van der Waals surface area contributed by atoms with Crippen LogP contribution in [0.1, 0.15) is 29.8 Å². The normalized spacial score (nSPS) is 10.2. The lowest BCUT2D eigenvalue weighted by molar-refractivity contribution is -0.150. The predicted octanol–water partition coefficient (Wildman–Crippen LogP) is 2.55. The number of benzene rings is 2. The summed E-state index contributed by atoms with van der Waals surface area (Å²) >= 11 is 0. The molecule has 0 atom stereocenters. The van der Waals surface area contributed by atoms with Crippen LogP contribution in [0.4, 0.5) is 4.39 Å². The van der Waals surface area contributed by atoms with Gasteiger partial charge in [0.2, 0.25) is 0 Å². The van der Waals surface area contributed by atoms with E-state index >= 15 is 0 Å². The Bertz CT molecular complexity index is 933. The fourth-order valence-corrected chi connectivity index (χ4v) is 2.70. The maximum atomic E-state index is 13.0. The first-order valence-electron chi connectivity index (χ1n) is 10.2.